The molecule has 0 unspecified atom stereocenters. The first-order chi connectivity index (χ1) is 10.3. The first-order valence-corrected chi connectivity index (χ1v) is 7.57. The van der Waals surface area contributed by atoms with Crippen molar-refractivity contribution in [3.63, 3.8) is 0 Å². The lowest BCUT2D eigenvalue weighted by Gasteiger charge is -2.08. The van der Waals surface area contributed by atoms with Gasteiger partial charge in [-0.25, -0.2) is 0 Å². The van der Waals surface area contributed by atoms with Crippen LogP contribution in [0.1, 0.15) is 11.9 Å². The molecule has 0 aliphatic rings. The van der Waals surface area contributed by atoms with Gasteiger partial charge < -0.3 is 19.5 Å². The molecule has 1 heterocycles. The molecule has 0 saturated carbocycles. The normalized spacial score (nSPS) is 10.6. The molecule has 1 aromatic heterocycles. The molecule has 0 bridgehead atoms. The third-order valence-electron chi connectivity index (χ3n) is 2.55. The maximum Gasteiger partial charge on any atom is 0.299 e. The number of nitrogens with zero attached hydrogens (tertiary/aromatic N) is 2. The van der Waals surface area contributed by atoms with Gasteiger partial charge in [-0.3, -0.25) is 0 Å². The Balaban J connectivity index is 1.93. The van der Waals surface area contributed by atoms with E-state index in [9.17, 15) is 0 Å². The molecule has 1 aromatic carbocycles. The molecule has 0 atom stereocenters. The Bertz CT molecular complexity index is 548. The van der Waals surface area contributed by atoms with Crippen LogP contribution in [-0.2, 0) is 11.3 Å². The summed E-state index contributed by atoms with van der Waals surface area (Å²) in [6.45, 7) is 4.62. The summed E-state index contributed by atoms with van der Waals surface area (Å²) in [6.07, 6.45) is 0. The number of methoxy groups -OCH3 is 1. The highest BCUT2D eigenvalue weighted by molar-refractivity contribution is 7.13. The van der Waals surface area contributed by atoms with E-state index >= 15 is 0 Å². The van der Waals surface area contributed by atoms with Crippen LogP contribution in [-0.4, -0.2) is 37.1 Å². The maximum atomic E-state index is 5.74. The fraction of sp³-hybridized carbons (Fsp3) is 0.429. The van der Waals surface area contributed by atoms with Crippen molar-refractivity contribution in [2.24, 2.45) is 0 Å². The number of rotatable bonds is 9. The standard InChI is InChI=1S/C14H19N3O3S/c1-3-19-11-6-4-5-7-12(11)20-14-17-16-13(21-14)10-15-8-9-18-2/h4-7,15H,3,8-10H2,1-2H3. The van der Waals surface area contributed by atoms with Crippen molar-refractivity contribution >= 4 is 11.3 Å². The first-order valence-electron chi connectivity index (χ1n) is 6.75. The van der Waals surface area contributed by atoms with Crippen molar-refractivity contribution in [2.75, 3.05) is 26.9 Å². The minimum Gasteiger partial charge on any atom is -0.490 e. The predicted octanol–water partition coefficient (Wildman–Crippen LogP) is 2.47. The van der Waals surface area contributed by atoms with Gasteiger partial charge in [0, 0.05) is 20.2 Å². The Kier molecular flexibility index (Phi) is 6.39. The quantitative estimate of drug-likeness (QED) is 0.718. The fourth-order valence-electron chi connectivity index (χ4n) is 1.62. The molecule has 0 spiro atoms. The molecule has 2 rings (SSSR count). The Morgan fingerprint density at radius 2 is 2.00 bits per heavy atom. The lowest BCUT2D eigenvalue weighted by molar-refractivity contribution is 0.199. The van der Waals surface area contributed by atoms with E-state index in [1.54, 1.807) is 7.11 Å². The summed E-state index contributed by atoms with van der Waals surface area (Å²) in [5, 5.41) is 12.7. The second kappa shape index (κ2) is 8.56. The lowest BCUT2D eigenvalue weighted by Crippen LogP contribution is -2.18. The van der Waals surface area contributed by atoms with Crippen molar-refractivity contribution in [3.05, 3.63) is 29.3 Å². The van der Waals surface area contributed by atoms with Gasteiger partial charge in [0.05, 0.1) is 13.2 Å². The van der Waals surface area contributed by atoms with Crippen molar-refractivity contribution in [3.8, 4) is 16.7 Å². The average Bonchev–Trinajstić information content (AvgIpc) is 2.94. The predicted molar refractivity (Wildman–Crippen MR) is 81.2 cm³/mol. The van der Waals surface area contributed by atoms with E-state index in [-0.39, 0.29) is 0 Å². The number of para-hydroxylation sites is 2. The highest BCUT2D eigenvalue weighted by Gasteiger charge is 2.09. The molecule has 0 aliphatic carbocycles. The van der Waals surface area contributed by atoms with Crippen LogP contribution < -0.4 is 14.8 Å². The number of ether oxygens (including phenoxy) is 3. The fourth-order valence-corrected chi connectivity index (χ4v) is 2.29. The molecule has 2 aromatic rings. The van der Waals surface area contributed by atoms with Gasteiger partial charge in [0.2, 0.25) is 0 Å². The van der Waals surface area contributed by atoms with Crippen LogP contribution >= 0.6 is 11.3 Å². The Labute approximate surface area is 128 Å². The molecule has 0 saturated heterocycles. The van der Waals surface area contributed by atoms with Crippen LogP contribution in [0, 0.1) is 0 Å². The van der Waals surface area contributed by atoms with Gasteiger partial charge in [-0.15, -0.1) is 5.10 Å². The summed E-state index contributed by atoms with van der Waals surface area (Å²) in [7, 11) is 1.67. The molecule has 0 amide bonds. The van der Waals surface area contributed by atoms with Crippen molar-refractivity contribution < 1.29 is 14.2 Å². The lowest BCUT2D eigenvalue weighted by atomic mass is 10.3. The SMILES string of the molecule is CCOc1ccccc1Oc1nnc(CNCCOC)s1. The van der Waals surface area contributed by atoms with E-state index < -0.39 is 0 Å². The zero-order chi connectivity index (χ0) is 14.9. The summed E-state index contributed by atoms with van der Waals surface area (Å²) in [4.78, 5) is 0. The second-order valence-electron chi connectivity index (χ2n) is 4.11. The average molecular weight is 309 g/mol. The van der Waals surface area contributed by atoms with E-state index in [1.807, 2.05) is 31.2 Å². The van der Waals surface area contributed by atoms with Crippen molar-refractivity contribution in [1.82, 2.24) is 15.5 Å². The van der Waals surface area contributed by atoms with Crippen LogP contribution in [0.25, 0.3) is 0 Å². The molecule has 0 fully saturated rings. The number of aromatic nitrogens is 2. The van der Waals surface area contributed by atoms with E-state index in [0.717, 1.165) is 11.6 Å². The highest BCUT2D eigenvalue weighted by atomic mass is 32.1. The molecule has 0 radical (unpaired) electrons. The van der Waals surface area contributed by atoms with Gasteiger partial charge in [0.25, 0.3) is 5.19 Å². The third kappa shape index (κ3) is 4.96. The number of nitrogens with one attached hydrogen (secondary N) is 1. The van der Waals surface area contributed by atoms with Crippen LogP contribution in [0.15, 0.2) is 24.3 Å². The highest BCUT2D eigenvalue weighted by Crippen LogP contribution is 2.32. The van der Waals surface area contributed by atoms with Crippen molar-refractivity contribution in [2.45, 2.75) is 13.5 Å². The van der Waals surface area contributed by atoms with Crippen LogP contribution in [0.4, 0.5) is 0 Å². The zero-order valence-corrected chi connectivity index (χ0v) is 13.0. The van der Waals surface area contributed by atoms with Gasteiger partial charge >= 0.3 is 0 Å². The van der Waals surface area contributed by atoms with Crippen LogP contribution in [0.2, 0.25) is 0 Å². The van der Waals surface area contributed by atoms with Gasteiger partial charge in [0.1, 0.15) is 5.01 Å². The minimum absolute atomic E-state index is 0.505. The largest absolute Gasteiger partial charge is 0.490 e. The molecule has 21 heavy (non-hydrogen) atoms. The topological polar surface area (TPSA) is 65.5 Å². The number of benzene rings is 1. The summed E-state index contributed by atoms with van der Waals surface area (Å²) in [6, 6.07) is 7.52. The Hall–Kier alpha value is -1.70. The smallest absolute Gasteiger partial charge is 0.299 e. The summed E-state index contributed by atoms with van der Waals surface area (Å²) >= 11 is 1.41. The molecular weight excluding hydrogens is 290 g/mol. The summed E-state index contributed by atoms with van der Waals surface area (Å²) in [5.74, 6) is 1.35. The van der Waals surface area contributed by atoms with Gasteiger partial charge in [0.15, 0.2) is 11.5 Å². The van der Waals surface area contributed by atoms with Gasteiger partial charge in [-0.05, 0) is 19.1 Å². The Morgan fingerprint density at radius 3 is 2.76 bits per heavy atom. The van der Waals surface area contributed by atoms with E-state index in [4.69, 9.17) is 14.2 Å². The van der Waals surface area contributed by atoms with Crippen molar-refractivity contribution in [1.29, 1.82) is 0 Å². The summed E-state index contributed by atoms with van der Waals surface area (Å²) in [5.41, 5.74) is 0. The number of hydrogen-bond acceptors (Lipinski definition) is 7. The molecular formula is C14H19N3O3S. The van der Waals surface area contributed by atoms with Crippen LogP contribution in [0.5, 0.6) is 16.7 Å². The van der Waals surface area contributed by atoms with E-state index in [2.05, 4.69) is 15.5 Å². The molecule has 6 nitrogen and oxygen atoms in total. The summed E-state index contributed by atoms with van der Waals surface area (Å²) < 4.78 is 16.2. The van der Waals surface area contributed by atoms with E-state index in [1.165, 1.54) is 11.3 Å². The maximum absolute atomic E-state index is 5.74. The number of hydrogen-bond donors (Lipinski definition) is 1. The second-order valence-corrected chi connectivity index (χ2v) is 5.14. The first kappa shape index (κ1) is 15.7. The van der Waals surface area contributed by atoms with Crippen LogP contribution in [0.3, 0.4) is 0 Å². The molecule has 1 N–H and O–H groups in total. The van der Waals surface area contributed by atoms with Gasteiger partial charge in [-0.1, -0.05) is 28.6 Å². The van der Waals surface area contributed by atoms with Gasteiger partial charge in [-0.2, -0.15) is 0 Å². The van der Waals surface area contributed by atoms with E-state index in [0.29, 0.717) is 36.5 Å². The third-order valence-corrected chi connectivity index (χ3v) is 3.35. The Morgan fingerprint density at radius 1 is 1.19 bits per heavy atom. The molecule has 114 valence electrons. The minimum atomic E-state index is 0.505. The molecule has 7 heteroatoms. The molecule has 0 aliphatic heterocycles. The zero-order valence-electron chi connectivity index (χ0n) is 12.2. The monoisotopic (exact) mass is 309 g/mol.